The highest BCUT2D eigenvalue weighted by atomic mass is 35.5. The van der Waals surface area contributed by atoms with E-state index in [-0.39, 0.29) is 0 Å². The van der Waals surface area contributed by atoms with Crippen molar-refractivity contribution in [3.05, 3.63) is 52.5 Å². The van der Waals surface area contributed by atoms with Crippen LogP contribution < -0.4 is 14.9 Å². The van der Waals surface area contributed by atoms with Gasteiger partial charge in [0.1, 0.15) is 0 Å². The average molecular weight is 305 g/mol. The molecule has 0 amide bonds. The number of hydrazone groups is 1. The Morgan fingerprint density at radius 1 is 1.05 bits per heavy atom. The summed E-state index contributed by atoms with van der Waals surface area (Å²) in [7, 11) is 3.21. The van der Waals surface area contributed by atoms with E-state index in [1.807, 2.05) is 43.3 Å². The number of nitrogens with one attached hydrogen (secondary N) is 1. The second-order valence-electron chi connectivity index (χ2n) is 4.45. The molecule has 0 saturated carbocycles. The Balaban J connectivity index is 2.08. The predicted octanol–water partition coefficient (Wildman–Crippen LogP) is 4.11. The molecule has 0 saturated heterocycles. The van der Waals surface area contributed by atoms with Crippen LogP contribution in [0.3, 0.4) is 0 Å². The van der Waals surface area contributed by atoms with Gasteiger partial charge in [-0.05, 0) is 48.4 Å². The van der Waals surface area contributed by atoms with Crippen molar-refractivity contribution in [2.75, 3.05) is 19.6 Å². The summed E-state index contributed by atoms with van der Waals surface area (Å²) in [4.78, 5) is 0. The van der Waals surface area contributed by atoms with E-state index in [0.717, 1.165) is 16.8 Å². The number of anilines is 1. The minimum Gasteiger partial charge on any atom is -0.493 e. The fourth-order valence-corrected chi connectivity index (χ4v) is 1.96. The summed E-state index contributed by atoms with van der Waals surface area (Å²) in [5.74, 6) is 1.35. The van der Waals surface area contributed by atoms with Gasteiger partial charge < -0.3 is 9.47 Å². The molecule has 0 bridgehead atoms. The number of aryl methyl sites for hydroxylation is 1. The van der Waals surface area contributed by atoms with Gasteiger partial charge in [0.15, 0.2) is 11.5 Å². The monoisotopic (exact) mass is 304 g/mol. The van der Waals surface area contributed by atoms with E-state index in [1.165, 1.54) is 0 Å². The van der Waals surface area contributed by atoms with Gasteiger partial charge in [-0.15, -0.1) is 0 Å². The molecule has 1 N–H and O–H groups in total. The summed E-state index contributed by atoms with van der Waals surface area (Å²) in [5.41, 5.74) is 5.71. The van der Waals surface area contributed by atoms with Crippen LogP contribution in [0.5, 0.6) is 11.5 Å². The minimum absolute atomic E-state index is 0.667. The summed E-state index contributed by atoms with van der Waals surface area (Å²) in [6, 6.07) is 11.3. The van der Waals surface area contributed by atoms with Gasteiger partial charge in [-0.25, -0.2) is 0 Å². The Bertz CT molecular complexity index is 657. The zero-order chi connectivity index (χ0) is 15.2. The first kappa shape index (κ1) is 15.2. The van der Waals surface area contributed by atoms with Gasteiger partial charge in [0.25, 0.3) is 0 Å². The molecule has 110 valence electrons. The highest BCUT2D eigenvalue weighted by Crippen LogP contribution is 2.27. The van der Waals surface area contributed by atoms with Crippen LogP contribution in [0.1, 0.15) is 11.1 Å². The van der Waals surface area contributed by atoms with Crippen LogP contribution in [-0.4, -0.2) is 20.4 Å². The summed E-state index contributed by atoms with van der Waals surface area (Å²) in [6.07, 6.45) is 1.70. The van der Waals surface area contributed by atoms with Crippen molar-refractivity contribution in [3.63, 3.8) is 0 Å². The van der Waals surface area contributed by atoms with Crippen LogP contribution in [0.15, 0.2) is 41.5 Å². The van der Waals surface area contributed by atoms with Gasteiger partial charge in [-0.1, -0.05) is 17.7 Å². The number of halogens is 1. The third-order valence-electron chi connectivity index (χ3n) is 2.99. The molecule has 0 aromatic heterocycles. The van der Waals surface area contributed by atoms with Crippen molar-refractivity contribution < 1.29 is 9.47 Å². The van der Waals surface area contributed by atoms with Gasteiger partial charge in [-0.3, -0.25) is 5.43 Å². The second kappa shape index (κ2) is 6.99. The van der Waals surface area contributed by atoms with Gasteiger partial charge in [0, 0.05) is 5.02 Å². The molecule has 0 unspecified atom stereocenters. The highest BCUT2D eigenvalue weighted by Gasteiger charge is 2.03. The standard InChI is InChI=1S/C16H17ClN2O2/c1-11-4-6-13(9-14(11)17)19-18-10-12-5-7-15(20-2)16(8-12)21-3/h4-10,19H,1-3H3/b18-10+. The molecular weight excluding hydrogens is 288 g/mol. The third-order valence-corrected chi connectivity index (χ3v) is 3.39. The van der Waals surface area contributed by atoms with Crippen molar-refractivity contribution in [2.45, 2.75) is 6.92 Å². The summed E-state index contributed by atoms with van der Waals surface area (Å²) in [5, 5.41) is 4.89. The Morgan fingerprint density at radius 3 is 2.48 bits per heavy atom. The quantitative estimate of drug-likeness (QED) is 0.667. The van der Waals surface area contributed by atoms with E-state index >= 15 is 0 Å². The summed E-state index contributed by atoms with van der Waals surface area (Å²) in [6.45, 7) is 1.96. The first-order chi connectivity index (χ1) is 10.1. The molecule has 2 rings (SSSR count). The smallest absolute Gasteiger partial charge is 0.161 e. The lowest BCUT2D eigenvalue weighted by atomic mass is 10.2. The number of benzene rings is 2. The molecule has 0 aliphatic heterocycles. The Morgan fingerprint density at radius 2 is 1.81 bits per heavy atom. The van der Waals surface area contributed by atoms with Gasteiger partial charge >= 0.3 is 0 Å². The molecule has 21 heavy (non-hydrogen) atoms. The van der Waals surface area contributed by atoms with Gasteiger partial charge in [-0.2, -0.15) is 5.10 Å². The Hall–Kier alpha value is -2.20. The van der Waals surface area contributed by atoms with Crippen LogP contribution in [0.2, 0.25) is 5.02 Å². The van der Waals surface area contributed by atoms with Crippen molar-refractivity contribution in [1.29, 1.82) is 0 Å². The van der Waals surface area contributed by atoms with E-state index in [2.05, 4.69) is 10.5 Å². The highest BCUT2D eigenvalue weighted by molar-refractivity contribution is 6.31. The predicted molar refractivity (Wildman–Crippen MR) is 87.0 cm³/mol. The molecule has 2 aromatic carbocycles. The number of nitrogens with zero attached hydrogens (tertiary/aromatic N) is 1. The number of hydrogen-bond donors (Lipinski definition) is 1. The molecule has 5 heteroatoms. The average Bonchev–Trinajstić information content (AvgIpc) is 2.50. The maximum absolute atomic E-state index is 6.06. The van der Waals surface area contributed by atoms with E-state index in [1.54, 1.807) is 20.4 Å². The van der Waals surface area contributed by atoms with Crippen molar-refractivity contribution in [2.24, 2.45) is 5.10 Å². The maximum Gasteiger partial charge on any atom is 0.161 e. The fraction of sp³-hybridized carbons (Fsp3) is 0.188. The van der Waals surface area contributed by atoms with Crippen LogP contribution in [0.25, 0.3) is 0 Å². The Kier molecular flexibility index (Phi) is 5.06. The van der Waals surface area contributed by atoms with Crippen LogP contribution in [-0.2, 0) is 0 Å². The van der Waals surface area contributed by atoms with E-state index in [4.69, 9.17) is 21.1 Å². The number of rotatable bonds is 5. The topological polar surface area (TPSA) is 42.8 Å². The lowest BCUT2D eigenvalue weighted by Gasteiger charge is -2.07. The van der Waals surface area contributed by atoms with Crippen LogP contribution >= 0.6 is 11.6 Å². The molecular formula is C16H17ClN2O2. The van der Waals surface area contributed by atoms with Gasteiger partial charge in [0.2, 0.25) is 0 Å². The molecule has 4 nitrogen and oxygen atoms in total. The molecule has 0 aliphatic rings. The minimum atomic E-state index is 0.667. The van der Waals surface area contributed by atoms with Crippen LogP contribution in [0.4, 0.5) is 5.69 Å². The number of methoxy groups -OCH3 is 2. The van der Waals surface area contributed by atoms with Crippen molar-refractivity contribution in [1.82, 2.24) is 0 Å². The first-order valence-electron chi connectivity index (χ1n) is 6.41. The molecule has 0 atom stereocenters. The number of hydrogen-bond acceptors (Lipinski definition) is 4. The summed E-state index contributed by atoms with van der Waals surface area (Å²) < 4.78 is 10.4. The third kappa shape index (κ3) is 3.89. The van der Waals surface area contributed by atoms with E-state index in [9.17, 15) is 0 Å². The van der Waals surface area contributed by atoms with Gasteiger partial charge in [0.05, 0.1) is 26.1 Å². The zero-order valence-electron chi connectivity index (χ0n) is 12.2. The molecule has 0 spiro atoms. The SMILES string of the molecule is COc1ccc(/C=N/Nc2ccc(C)c(Cl)c2)cc1OC. The second-order valence-corrected chi connectivity index (χ2v) is 4.86. The summed E-state index contributed by atoms with van der Waals surface area (Å²) >= 11 is 6.06. The fourth-order valence-electron chi connectivity index (χ4n) is 1.78. The largest absolute Gasteiger partial charge is 0.493 e. The Labute approximate surface area is 129 Å². The molecule has 0 fully saturated rings. The molecule has 0 radical (unpaired) electrons. The first-order valence-corrected chi connectivity index (χ1v) is 6.79. The van der Waals surface area contributed by atoms with E-state index in [0.29, 0.717) is 16.5 Å². The van der Waals surface area contributed by atoms with Crippen molar-refractivity contribution in [3.8, 4) is 11.5 Å². The maximum atomic E-state index is 6.06. The normalized spacial score (nSPS) is 10.7. The molecule has 0 heterocycles. The zero-order valence-corrected chi connectivity index (χ0v) is 12.9. The van der Waals surface area contributed by atoms with Crippen LogP contribution in [0, 0.1) is 6.92 Å². The molecule has 2 aromatic rings. The number of ether oxygens (including phenoxy) is 2. The lowest BCUT2D eigenvalue weighted by Crippen LogP contribution is -1.94. The van der Waals surface area contributed by atoms with E-state index < -0.39 is 0 Å². The van der Waals surface area contributed by atoms with Crippen molar-refractivity contribution >= 4 is 23.5 Å². The lowest BCUT2D eigenvalue weighted by molar-refractivity contribution is 0.355. The molecule has 0 aliphatic carbocycles.